The normalized spacial score (nSPS) is 19.4. The largest absolute Gasteiger partial charge is 0.497 e. The molecule has 1 aliphatic rings. The Morgan fingerprint density at radius 2 is 1.69 bits per heavy atom. The number of para-hydroxylation sites is 1. The average molecular weight is 713 g/mol. The van der Waals surface area contributed by atoms with E-state index >= 15 is 0 Å². The smallest absolute Gasteiger partial charge is 0.243 e. The van der Waals surface area contributed by atoms with E-state index in [9.17, 15) is 14.4 Å². The molecule has 11 heteroatoms. The highest BCUT2D eigenvalue weighted by Crippen LogP contribution is 2.37. The molecule has 0 radical (unpaired) electrons. The molecule has 51 heavy (non-hydrogen) atoms. The maximum atomic E-state index is 14.5. The first-order chi connectivity index (χ1) is 24.7. The van der Waals surface area contributed by atoms with E-state index in [1.165, 1.54) is 0 Å². The Labute approximate surface area is 305 Å². The Balaban J connectivity index is 1.58. The molecule has 4 aromatic rings. The molecular formula is C40H52N6O4S. The fourth-order valence-electron chi connectivity index (χ4n) is 6.89. The van der Waals surface area contributed by atoms with Crippen LogP contribution < -0.4 is 26.8 Å². The number of benzene rings is 3. The number of Topliss-reactive ketones (excluding diaryl/α,β-unsaturated/α-hetero) is 1. The van der Waals surface area contributed by atoms with E-state index in [1.54, 1.807) is 30.8 Å². The number of rotatable bonds is 10. The van der Waals surface area contributed by atoms with Crippen molar-refractivity contribution in [3.8, 4) is 5.75 Å². The molecule has 272 valence electrons. The van der Waals surface area contributed by atoms with Crippen LogP contribution in [0.3, 0.4) is 0 Å². The molecule has 0 bridgehead atoms. The maximum absolute atomic E-state index is 14.5. The van der Waals surface area contributed by atoms with Crippen molar-refractivity contribution in [2.75, 3.05) is 27.2 Å². The van der Waals surface area contributed by atoms with Crippen LogP contribution in [0, 0.1) is 12.8 Å². The minimum atomic E-state index is -0.825. The predicted molar refractivity (Wildman–Crippen MR) is 204 cm³/mol. The van der Waals surface area contributed by atoms with Gasteiger partial charge in [-0.15, -0.1) is 0 Å². The third-order valence-corrected chi connectivity index (χ3v) is 11.2. The van der Waals surface area contributed by atoms with Crippen molar-refractivity contribution in [3.63, 3.8) is 0 Å². The van der Waals surface area contributed by atoms with Gasteiger partial charge in [-0.3, -0.25) is 14.4 Å². The quantitative estimate of drug-likeness (QED) is 0.140. The van der Waals surface area contributed by atoms with Crippen LogP contribution in [0.25, 0.3) is 10.9 Å². The van der Waals surface area contributed by atoms with Gasteiger partial charge in [0, 0.05) is 65.8 Å². The number of nitrogens with zero attached hydrogens (tertiary/aromatic N) is 1. The Morgan fingerprint density at radius 3 is 2.47 bits per heavy atom. The number of likely N-dealkylation sites (N-methyl/N-ethyl adjacent to an activating group) is 1. The molecule has 7 N–H and O–H groups in total. The van der Waals surface area contributed by atoms with E-state index in [0.717, 1.165) is 49.4 Å². The van der Waals surface area contributed by atoms with E-state index < -0.39 is 18.0 Å². The number of amides is 2. The summed E-state index contributed by atoms with van der Waals surface area (Å²) >= 11 is 1.64. The number of aromatic amines is 1. The number of ketones is 1. The first kappa shape index (κ1) is 38.1. The lowest BCUT2D eigenvalue weighted by atomic mass is 9.90. The zero-order chi connectivity index (χ0) is 36.3. The lowest BCUT2D eigenvalue weighted by Gasteiger charge is -2.31. The van der Waals surface area contributed by atoms with Gasteiger partial charge in [-0.1, -0.05) is 54.6 Å². The van der Waals surface area contributed by atoms with Crippen molar-refractivity contribution in [1.82, 2.24) is 20.5 Å². The molecule has 2 amide bonds. The molecule has 0 saturated heterocycles. The highest BCUT2D eigenvalue weighted by atomic mass is 32.2. The predicted octanol–water partition coefficient (Wildman–Crippen LogP) is 5.24. The topological polar surface area (TPSA) is 156 Å². The summed E-state index contributed by atoms with van der Waals surface area (Å²) in [6.07, 6.45) is 5.47. The monoisotopic (exact) mass is 712 g/mol. The molecule has 5 rings (SSSR count). The van der Waals surface area contributed by atoms with Gasteiger partial charge in [-0.2, -0.15) is 0 Å². The lowest BCUT2D eigenvalue weighted by Crippen LogP contribution is -2.51. The van der Waals surface area contributed by atoms with Gasteiger partial charge in [0.25, 0.3) is 0 Å². The highest BCUT2D eigenvalue weighted by molar-refractivity contribution is 7.99. The highest BCUT2D eigenvalue weighted by Gasteiger charge is 2.34. The summed E-state index contributed by atoms with van der Waals surface area (Å²) in [5, 5.41) is 7.72. The lowest BCUT2D eigenvalue weighted by molar-refractivity contribution is -0.143. The van der Waals surface area contributed by atoms with Crippen molar-refractivity contribution in [2.45, 2.75) is 86.8 Å². The van der Waals surface area contributed by atoms with E-state index in [0.29, 0.717) is 57.5 Å². The minimum absolute atomic E-state index is 0.0247. The number of hydrogen-bond acceptors (Lipinski definition) is 8. The molecule has 3 aromatic carbocycles. The number of hydrogen-bond donors (Lipinski definition) is 5. The zero-order valence-corrected chi connectivity index (χ0v) is 30.8. The number of fused-ring (bicyclic) bond motifs is 3. The van der Waals surface area contributed by atoms with Gasteiger partial charge in [0.1, 0.15) is 11.8 Å². The summed E-state index contributed by atoms with van der Waals surface area (Å²) in [6.45, 7) is 3.72. The van der Waals surface area contributed by atoms with Gasteiger partial charge in [0.15, 0.2) is 5.78 Å². The van der Waals surface area contributed by atoms with Crippen molar-refractivity contribution >= 4 is 40.3 Å². The summed E-state index contributed by atoms with van der Waals surface area (Å²) in [5.74, 6) is -0.414. The van der Waals surface area contributed by atoms with Gasteiger partial charge in [0.05, 0.1) is 13.2 Å². The molecule has 1 aliphatic heterocycles. The average Bonchev–Trinajstić information content (AvgIpc) is 3.55. The third-order valence-electron chi connectivity index (χ3n) is 9.83. The van der Waals surface area contributed by atoms with E-state index in [-0.39, 0.29) is 30.6 Å². The molecule has 0 saturated carbocycles. The fourth-order valence-corrected chi connectivity index (χ4v) is 8.01. The minimum Gasteiger partial charge on any atom is -0.497 e. The van der Waals surface area contributed by atoms with Crippen LogP contribution in [0.2, 0.25) is 0 Å². The Hall–Kier alpha value is -4.16. The van der Waals surface area contributed by atoms with Crippen molar-refractivity contribution < 1.29 is 19.1 Å². The molecule has 0 aliphatic carbocycles. The molecule has 0 spiro atoms. The van der Waals surface area contributed by atoms with Gasteiger partial charge in [-0.25, -0.2) is 0 Å². The molecule has 2 heterocycles. The van der Waals surface area contributed by atoms with Gasteiger partial charge in [-0.05, 0) is 92.2 Å². The Kier molecular flexibility index (Phi) is 13.7. The summed E-state index contributed by atoms with van der Waals surface area (Å²) in [6, 6.07) is 18.7. The third kappa shape index (κ3) is 9.59. The number of aryl methyl sites for hydroxylation is 1. The van der Waals surface area contributed by atoms with Crippen LogP contribution in [-0.2, 0) is 33.9 Å². The second kappa shape index (κ2) is 18.4. The second-order valence-electron chi connectivity index (χ2n) is 13.4. The SMILES string of the molecule is COc1cc(C)c2c(c1)CNC(=O)[C@H](Cc1c[nH]c3ccccc13)N(C)C(=O)[C@H](CCCCN)CC(=O)[C@H](CCCN)NCc1ccccc1S2. The van der Waals surface area contributed by atoms with Crippen LogP contribution in [0.1, 0.15) is 60.8 Å². The summed E-state index contributed by atoms with van der Waals surface area (Å²) in [7, 11) is 3.32. The van der Waals surface area contributed by atoms with Crippen molar-refractivity contribution in [3.05, 3.63) is 89.1 Å². The molecule has 3 atom stereocenters. The zero-order valence-electron chi connectivity index (χ0n) is 30.0. The maximum Gasteiger partial charge on any atom is 0.243 e. The molecule has 0 fully saturated rings. The van der Waals surface area contributed by atoms with Crippen LogP contribution in [0.5, 0.6) is 5.75 Å². The van der Waals surface area contributed by atoms with Gasteiger partial charge in [0.2, 0.25) is 11.8 Å². The van der Waals surface area contributed by atoms with Crippen LogP contribution in [0.15, 0.2) is 76.7 Å². The van der Waals surface area contributed by atoms with Crippen molar-refractivity contribution in [1.29, 1.82) is 0 Å². The van der Waals surface area contributed by atoms with Crippen LogP contribution >= 0.6 is 11.8 Å². The standard InChI is InChI=1S/C40H52N6O4S/c1-26-19-31(50-3)20-30-25-45-39(48)35(21-29-24-43-33-14-6-5-13-32(29)33)46(2)40(49)27(11-8-9-17-41)22-36(47)34(15-10-18-42)44-23-28-12-4-7-16-37(28)51-38(26)30/h4-7,12-14,16,19-20,24,27,34-35,43-44H,8-11,15,17-18,21-23,25,41-42H2,1-3H3,(H,45,48)/t27-,34+,35+/m1/s1. The Bertz CT molecular complexity index is 1810. The van der Waals surface area contributed by atoms with Gasteiger partial charge >= 0.3 is 0 Å². The summed E-state index contributed by atoms with van der Waals surface area (Å²) in [5.41, 5.74) is 16.6. The second-order valence-corrected chi connectivity index (χ2v) is 14.5. The Morgan fingerprint density at radius 1 is 0.922 bits per heavy atom. The molecule has 0 unspecified atom stereocenters. The summed E-state index contributed by atoms with van der Waals surface area (Å²) < 4.78 is 5.64. The number of carbonyl (C=O) groups excluding carboxylic acids is 3. The number of methoxy groups -OCH3 is 1. The van der Waals surface area contributed by atoms with Gasteiger partial charge < -0.3 is 36.7 Å². The number of H-pyrrole nitrogens is 1. The van der Waals surface area contributed by atoms with E-state index in [2.05, 4.69) is 27.8 Å². The fraction of sp³-hybridized carbons (Fsp3) is 0.425. The van der Waals surface area contributed by atoms with E-state index in [1.807, 2.05) is 61.7 Å². The molecular weight excluding hydrogens is 661 g/mol. The number of nitrogens with two attached hydrogens (primary N) is 2. The van der Waals surface area contributed by atoms with Crippen LogP contribution in [0.4, 0.5) is 0 Å². The number of ether oxygens (including phenoxy) is 1. The molecule has 1 aromatic heterocycles. The first-order valence-corrected chi connectivity index (χ1v) is 18.7. The van der Waals surface area contributed by atoms with Crippen molar-refractivity contribution in [2.24, 2.45) is 17.4 Å². The van der Waals surface area contributed by atoms with E-state index in [4.69, 9.17) is 16.2 Å². The summed E-state index contributed by atoms with van der Waals surface area (Å²) in [4.78, 5) is 49.9. The number of aromatic nitrogens is 1. The number of nitrogens with one attached hydrogen (secondary N) is 3. The van der Waals surface area contributed by atoms with Crippen LogP contribution in [-0.4, -0.2) is 66.8 Å². The first-order valence-electron chi connectivity index (χ1n) is 17.9. The number of carbonyl (C=O) groups is 3. The number of unbranched alkanes of at least 4 members (excludes halogenated alkanes) is 1. The molecule has 10 nitrogen and oxygen atoms in total.